The Hall–Kier alpha value is -2.56. The first-order valence-corrected chi connectivity index (χ1v) is 6.88. The number of nitrogens with zero attached hydrogens (tertiary/aromatic N) is 1. The van der Waals surface area contributed by atoms with Crippen molar-refractivity contribution in [3.05, 3.63) is 48.0 Å². The number of carbonyl (C=O) groups is 1. The number of amides is 1. The van der Waals surface area contributed by atoms with Gasteiger partial charge in [-0.15, -0.1) is 0 Å². The highest BCUT2D eigenvalue weighted by Crippen LogP contribution is 2.16. The van der Waals surface area contributed by atoms with E-state index in [2.05, 4.69) is 10.5 Å². The fourth-order valence-corrected chi connectivity index (χ4v) is 2.23. The lowest BCUT2D eigenvalue weighted by Crippen LogP contribution is -2.44. The van der Waals surface area contributed by atoms with E-state index in [4.69, 9.17) is 10.9 Å². The van der Waals surface area contributed by atoms with Crippen LogP contribution in [-0.2, 0) is 11.2 Å². The number of carbonyl (C=O) groups excluding carboxylic acids is 1. The Morgan fingerprint density at radius 1 is 1.29 bits per heavy atom. The number of hydrogen-bond donors (Lipinski definition) is 3. The molecule has 0 bridgehead atoms. The summed E-state index contributed by atoms with van der Waals surface area (Å²) in [5.74, 6) is -0.131. The number of rotatable bonds is 5. The molecule has 0 aromatic heterocycles. The number of oxime groups is 1. The molecule has 1 unspecified atom stereocenters. The number of amidine groups is 1. The molecule has 21 heavy (non-hydrogen) atoms. The molecule has 0 heterocycles. The van der Waals surface area contributed by atoms with Crippen LogP contribution in [0.1, 0.15) is 18.9 Å². The van der Waals surface area contributed by atoms with Gasteiger partial charge >= 0.3 is 0 Å². The van der Waals surface area contributed by atoms with Crippen LogP contribution in [0.15, 0.2) is 47.6 Å². The molecule has 5 heteroatoms. The van der Waals surface area contributed by atoms with Crippen LogP contribution in [-0.4, -0.2) is 23.0 Å². The van der Waals surface area contributed by atoms with Gasteiger partial charge in [0, 0.05) is 0 Å². The molecule has 1 amide bonds. The van der Waals surface area contributed by atoms with Crippen molar-refractivity contribution in [2.24, 2.45) is 10.9 Å². The average molecular weight is 285 g/mol. The van der Waals surface area contributed by atoms with Gasteiger partial charge in [-0.25, -0.2) is 0 Å². The third-order valence-corrected chi connectivity index (χ3v) is 3.39. The molecule has 4 N–H and O–H groups in total. The van der Waals surface area contributed by atoms with Gasteiger partial charge in [0.25, 0.3) is 0 Å². The zero-order chi connectivity index (χ0) is 15.2. The predicted octanol–water partition coefficient (Wildman–Crippen LogP) is 2.02. The summed E-state index contributed by atoms with van der Waals surface area (Å²) in [5, 5.41) is 16.6. The van der Waals surface area contributed by atoms with E-state index in [-0.39, 0.29) is 18.2 Å². The molecule has 0 radical (unpaired) electrons. The normalized spacial score (nSPS) is 13.1. The Morgan fingerprint density at radius 2 is 2.00 bits per heavy atom. The maximum Gasteiger partial charge on any atom is 0.225 e. The zero-order valence-corrected chi connectivity index (χ0v) is 11.9. The van der Waals surface area contributed by atoms with Crippen molar-refractivity contribution >= 4 is 22.5 Å². The molecule has 5 nitrogen and oxygen atoms in total. The standard InChI is InChI=1S/C16H19N3O2/c1-2-14(16(17)19-21)18-15(20)10-11-7-8-12-5-3-4-6-13(12)9-11/h3-9,14,21H,2,10H2,1H3,(H2,17,19)(H,18,20). The van der Waals surface area contributed by atoms with E-state index in [0.717, 1.165) is 16.3 Å². The lowest BCUT2D eigenvalue weighted by atomic mass is 10.0. The van der Waals surface area contributed by atoms with E-state index < -0.39 is 6.04 Å². The quantitative estimate of drug-likeness (QED) is 0.340. The van der Waals surface area contributed by atoms with E-state index in [0.29, 0.717) is 6.42 Å². The maximum atomic E-state index is 12.0. The van der Waals surface area contributed by atoms with E-state index >= 15 is 0 Å². The van der Waals surface area contributed by atoms with Crippen LogP contribution in [0.2, 0.25) is 0 Å². The van der Waals surface area contributed by atoms with Crippen LogP contribution in [0.3, 0.4) is 0 Å². The van der Waals surface area contributed by atoms with Gasteiger partial charge < -0.3 is 16.3 Å². The second-order valence-electron chi connectivity index (χ2n) is 4.91. The molecule has 2 aromatic rings. The summed E-state index contributed by atoms with van der Waals surface area (Å²) in [6.07, 6.45) is 0.833. The molecule has 0 saturated carbocycles. The highest BCUT2D eigenvalue weighted by atomic mass is 16.4. The molecule has 0 aliphatic heterocycles. The van der Waals surface area contributed by atoms with E-state index in [1.54, 1.807) is 0 Å². The first kappa shape index (κ1) is 14.8. The second-order valence-corrected chi connectivity index (χ2v) is 4.91. The molecule has 0 fully saturated rings. The summed E-state index contributed by atoms with van der Waals surface area (Å²) in [5.41, 5.74) is 6.46. The first-order chi connectivity index (χ1) is 10.1. The number of hydrogen-bond acceptors (Lipinski definition) is 3. The summed E-state index contributed by atoms with van der Waals surface area (Å²) in [6.45, 7) is 1.86. The lowest BCUT2D eigenvalue weighted by Gasteiger charge is -2.15. The van der Waals surface area contributed by atoms with Crippen LogP contribution in [0.5, 0.6) is 0 Å². The molecular weight excluding hydrogens is 266 g/mol. The summed E-state index contributed by atoms with van der Waals surface area (Å²) in [7, 11) is 0. The Morgan fingerprint density at radius 3 is 2.67 bits per heavy atom. The molecule has 2 aromatic carbocycles. The third-order valence-electron chi connectivity index (χ3n) is 3.39. The smallest absolute Gasteiger partial charge is 0.225 e. The van der Waals surface area contributed by atoms with Crippen molar-refractivity contribution < 1.29 is 10.0 Å². The van der Waals surface area contributed by atoms with Crippen LogP contribution < -0.4 is 11.1 Å². The van der Waals surface area contributed by atoms with Gasteiger partial charge in [0.2, 0.25) is 5.91 Å². The minimum Gasteiger partial charge on any atom is -0.409 e. The van der Waals surface area contributed by atoms with E-state index in [1.165, 1.54) is 0 Å². The van der Waals surface area contributed by atoms with Gasteiger partial charge in [0.1, 0.15) is 0 Å². The summed E-state index contributed by atoms with van der Waals surface area (Å²) in [6, 6.07) is 13.5. The van der Waals surface area contributed by atoms with Crippen molar-refractivity contribution in [2.75, 3.05) is 0 Å². The summed E-state index contributed by atoms with van der Waals surface area (Å²) in [4.78, 5) is 12.0. The Bertz CT molecular complexity index is 667. The van der Waals surface area contributed by atoms with E-state index in [1.807, 2.05) is 49.4 Å². The molecule has 0 saturated heterocycles. The highest BCUT2D eigenvalue weighted by molar-refractivity contribution is 5.91. The monoisotopic (exact) mass is 285 g/mol. The van der Waals surface area contributed by atoms with Gasteiger partial charge in [0.15, 0.2) is 5.84 Å². The van der Waals surface area contributed by atoms with Crippen molar-refractivity contribution in [2.45, 2.75) is 25.8 Å². The Balaban J connectivity index is 2.07. The Kier molecular flexibility index (Phi) is 4.77. The van der Waals surface area contributed by atoms with Crippen LogP contribution in [0.25, 0.3) is 10.8 Å². The zero-order valence-electron chi connectivity index (χ0n) is 11.9. The first-order valence-electron chi connectivity index (χ1n) is 6.88. The van der Waals surface area contributed by atoms with Gasteiger partial charge in [-0.1, -0.05) is 54.5 Å². The van der Waals surface area contributed by atoms with Gasteiger partial charge in [0.05, 0.1) is 12.5 Å². The van der Waals surface area contributed by atoms with Crippen molar-refractivity contribution in [3.8, 4) is 0 Å². The molecule has 0 aliphatic rings. The van der Waals surface area contributed by atoms with E-state index in [9.17, 15) is 4.79 Å². The van der Waals surface area contributed by atoms with Gasteiger partial charge in [-0.3, -0.25) is 4.79 Å². The third kappa shape index (κ3) is 3.72. The topological polar surface area (TPSA) is 87.7 Å². The molecule has 2 rings (SSSR count). The maximum absolute atomic E-state index is 12.0. The van der Waals surface area contributed by atoms with Crippen molar-refractivity contribution in [3.63, 3.8) is 0 Å². The summed E-state index contributed by atoms with van der Waals surface area (Å²) < 4.78 is 0. The Labute approximate surface area is 123 Å². The number of benzene rings is 2. The fraction of sp³-hybridized carbons (Fsp3) is 0.250. The predicted molar refractivity (Wildman–Crippen MR) is 83.3 cm³/mol. The molecular formula is C16H19N3O2. The van der Waals surface area contributed by atoms with Crippen LogP contribution in [0.4, 0.5) is 0 Å². The molecule has 0 spiro atoms. The molecule has 0 aliphatic carbocycles. The minimum atomic E-state index is -0.442. The number of fused-ring (bicyclic) bond motifs is 1. The summed E-state index contributed by atoms with van der Waals surface area (Å²) >= 11 is 0. The molecule has 1 atom stereocenters. The number of nitrogens with two attached hydrogens (primary N) is 1. The van der Waals surface area contributed by atoms with Gasteiger partial charge in [-0.05, 0) is 22.8 Å². The molecule has 110 valence electrons. The minimum absolute atomic E-state index is 0.0179. The fourth-order valence-electron chi connectivity index (χ4n) is 2.23. The lowest BCUT2D eigenvalue weighted by molar-refractivity contribution is -0.120. The largest absolute Gasteiger partial charge is 0.409 e. The van der Waals surface area contributed by atoms with Crippen LogP contribution >= 0.6 is 0 Å². The number of nitrogens with one attached hydrogen (secondary N) is 1. The van der Waals surface area contributed by atoms with Crippen LogP contribution in [0, 0.1) is 0 Å². The van der Waals surface area contributed by atoms with Crippen molar-refractivity contribution in [1.82, 2.24) is 5.32 Å². The average Bonchev–Trinajstić information content (AvgIpc) is 2.51. The second kappa shape index (κ2) is 6.74. The van der Waals surface area contributed by atoms with Gasteiger partial charge in [-0.2, -0.15) is 0 Å². The highest BCUT2D eigenvalue weighted by Gasteiger charge is 2.15. The SMILES string of the molecule is CCC(NC(=O)Cc1ccc2ccccc2c1)/C(N)=N/O. The van der Waals surface area contributed by atoms with Crippen molar-refractivity contribution in [1.29, 1.82) is 0 Å².